The molecular formula is C10H20N2O. The first-order valence-corrected chi connectivity index (χ1v) is 5.17. The van der Waals surface area contributed by atoms with Crippen molar-refractivity contribution >= 4 is 5.91 Å². The molecule has 0 bridgehead atoms. The summed E-state index contributed by atoms with van der Waals surface area (Å²) in [7, 11) is 0. The second-order valence-corrected chi connectivity index (χ2v) is 4.22. The Morgan fingerprint density at radius 1 is 1.38 bits per heavy atom. The van der Waals surface area contributed by atoms with Gasteiger partial charge in [-0.2, -0.15) is 0 Å². The van der Waals surface area contributed by atoms with Crippen LogP contribution in [0.2, 0.25) is 0 Å². The zero-order valence-corrected chi connectivity index (χ0v) is 8.55. The molecule has 1 aliphatic carbocycles. The van der Waals surface area contributed by atoms with Crippen LogP contribution in [-0.2, 0) is 4.79 Å². The molecule has 3 nitrogen and oxygen atoms in total. The van der Waals surface area contributed by atoms with Crippen LogP contribution in [0.4, 0.5) is 0 Å². The summed E-state index contributed by atoms with van der Waals surface area (Å²) in [5, 5.41) is 3.00. The maximum absolute atomic E-state index is 11.4. The van der Waals surface area contributed by atoms with Crippen LogP contribution in [0.15, 0.2) is 0 Å². The van der Waals surface area contributed by atoms with Gasteiger partial charge >= 0.3 is 0 Å². The van der Waals surface area contributed by atoms with Gasteiger partial charge < -0.3 is 11.1 Å². The molecule has 1 amide bonds. The molecule has 0 saturated heterocycles. The standard InChI is InChI=1S/C10H20N2O/c1-7(2)10(13)12-9-6-4-3-5-8(9)11/h7-9H,3-6,11H2,1-2H3,(H,12,13)/t8-,9-/m1/s1. The van der Waals surface area contributed by atoms with Crippen molar-refractivity contribution in [2.24, 2.45) is 11.7 Å². The summed E-state index contributed by atoms with van der Waals surface area (Å²) >= 11 is 0. The second-order valence-electron chi connectivity index (χ2n) is 4.22. The lowest BCUT2D eigenvalue weighted by atomic mass is 9.91. The third-order valence-electron chi connectivity index (χ3n) is 2.67. The SMILES string of the molecule is CC(C)C(=O)N[C@@H]1CCCC[C@H]1N. The van der Waals surface area contributed by atoms with Gasteiger partial charge in [0.1, 0.15) is 0 Å². The first-order valence-electron chi connectivity index (χ1n) is 5.17. The van der Waals surface area contributed by atoms with Crippen molar-refractivity contribution < 1.29 is 4.79 Å². The van der Waals surface area contributed by atoms with E-state index in [4.69, 9.17) is 5.73 Å². The highest BCUT2D eigenvalue weighted by Gasteiger charge is 2.23. The van der Waals surface area contributed by atoms with Crippen LogP contribution in [0.25, 0.3) is 0 Å². The minimum Gasteiger partial charge on any atom is -0.352 e. The highest BCUT2D eigenvalue weighted by Crippen LogP contribution is 2.17. The van der Waals surface area contributed by atoms with E-state index < -0.39 is 0 Å². The Labute approximate surface area is 80.1 Å². The van der Waals surface area contributed by atoms with Crippen molar-refractivity contribution in [1.29, 1.82) is 0 Å². The molecule has 1 saturated carbocycles. The van der Waals surface area contributed by atoms with Gasteiger partial charge in [0.2, 0.25) is 5.91 Å². The number of hydrogen-bond donors (Lipinski definition) is 2. The van der Waals surface area contributed by atoms with Crippen LogP contribution in [0.5, 0.6) is 0 Å². The highest BCUT2D eigenvalue weighted by atomic mass is 16.1. The van der Waals surface area contributed by atoms with E-state index in [0.717, 1.165) is 12.8 Å². The van der Waals surface area contributed by atoms with E-state index in [2.05, 4.69) is 5.32 Å². The summed E-state index contributed by atoms with van der Waals surface area (Å²) in [6, 6.07) is 0.375. The third-order valence-corrected chi connectivity index (χ3v) is 2.67. The normalized spacial score (nSPS) is 28.9. The van der Waals surface area contributed by atoms with Gasteiger partial charge in [-0.05, 0) is 12.8 Å². The van der Waals surface area contributed by atoms with Crippen molar-refractivity contribution in [2.45, 2.75) is 51.6 Å². The van der Waals surface area contributed by atoms with Gasteiger partial charge in [-0.25, -0.2) is 0 Å². The van der Waals surface area contributed by atoms with Crippen LogP contribution in [0, 0.1) is 5.92 Å². The number of carbonyl (C=O) groups excluding carboxylic acids is 1. The van der Waals surface area contributed by atoms with Crippen molar-refractivity contribution in [3.63, 3.8) is 0 Å². The molecule has 0 heterocycles. The molecule has 0 aromatic rings. The topological polar surface area (TPSA) is 55.1 Å². The minimum atomic E-state index is 0.0640. The molecule has 0 aliphatic heterocycles. The Hall–Kier alpha value is -0.570. The molecule has 2 atom stereocenters. The number of nitrogens with two attached hydrogens (primary N) is 1. The van der Waals surface area contributed by atoms with E-state index in [1.165, 1.54) is 12.8 Å². The summed E-state index contributed by atoms with van der Waals surface area (Å²) in [4.78, 5) is 11.4. The van der Waals surface area contributed by atoms with Gasteiger partial charge in [-0.1, -0.05) is 26.7 Å². The Bertz CT molecular complexity index is 180. The zero-order chi connectivity index (χ0) is 9.84. The van der Waals surface area contributed by atoms with Crippen molar-refractivity contribution in [3.8, 4) is 0 Å². The number of carbonyl (C=O) groups is 1. The Balaban J connectivity index is 2.38. The Morgan fingerprint density at radius 2 is 2.00 bits per heavy atom. The first-order chi connectivity index (χ1) is 6.11. The monoisotopic (exact) mass is 184 g/mol. The lowest BCUT2D eigenvalue weighted by Crippen LogP contribution is -2.50. The van der Waals surface area contributed by atoms with E-state index in [-0.39, 0.29) is 23.9 Å². The fraction of sp³-hybridized carbons (Fsp3) is 0.900. The smallest absolute Gasteiger partial charge is 0.222 e. The second kappa shape index (κ2) is 4.61. The molecule has 13 heavy (non-hydrogen) atoms. The molecule has 76 valence electrons. The first kappa shape index (κ1) is 10.5. The van der Waals surface area contributed by atoms with Gasteiger partial charge in [-0.3, -0.25) is 4.79 Å². The van der Waals surface area contributed by atoms with Crippen LogP contribution in [0.1, 0.15) is 39.5 Å². The zero-order valence-electron chi connectivity index (χ0n) is 8.55. The van der Waals surface area contributed by atoms with E-state index in [0.29, 0.717) is 0 Å². The average molecular weight is 184 g/mol. The maximum atomic E-state index is 11.4. The Kier molecular flexibility index (Phi) is 3.72. The maximum Gasteiger partial charge on any atom is 0.222 e. The number of rotatable bonds is 2. The van der Waals surface area contributed by atoms with Crippen molar-refractivity contribution in [3.05, 3.63) is 0 Å². The fourth-order valence-corrected chi connectivity index (χ4v) is 1.69. The van der Waals surface area contributed by atoms with Crippen LogP contribution in [-0.4, -0.2) is 18.0 Å². The van der Waals surface area contributed by atoms with Gasteiger partial charge in [-0.15, -0.1) is 0 Å². The molecule has 1 aliphatic rings. The predicted octanol–water partition coefficient (Wildman–Crippen LogP) is 1.03. The quantitative estimate of drug-likeness (QED) is 0.673. The molecule has 1 fully saturated rings. The summed E-state index contributed by atoms with van der Waals surface area (Å²) in [6.07, 6.45) is 4.48. The van der Waals surface area contributed by atoms with Crippen LogP contribution in [0.3, 0.4) is 0 Å². The fourth-order valence-electron chi connectivity index (χ4n) is 1.69. The Morgan fingerprint density at radius 3 is 2.54 bits per heavy atom. The van der Waals surface area contributed by atoms with Gasteiger partial charge in [0, 0.05) is 18.0 Å². The molecule has 0 aromatic carbocycles. The number of amides is 1. The minimum absolute atomic E-state index is 0.0640. The molecule has 0 spiro atoms. The van der Waals surface area contributed by atoms with Gasteiger partial charge in [0.15, 0.2) is 0 Å². The van der Waals surface area contributed by atoms with Gasteiger partial charge in [0.25, 0.3) is 0 Å². The van der Waals surface area contributed by atoms with Crippen molar-refractivity contribution in [1.82, 2.24) is 5.32 Å². The molecular weight excluding hydrogens is 164 g/mol. The third kappa shape index (κ3) is 2.99. The summed E-state index contributed by atoms with van der Waals surface area (Å²) in [6.45, 7) is 3.81. The number of nitrogens with one attached hydrogen (secondary N) is 1. The predicted molar refractivity (Wildman–Crippen MR) is 53.2 cm³/mol. The molecule has 0 unspecified atom stereocenters. The van der Waals surface area contributed by atoms with E-state index in [1.54, 1.807) is 0 Å². The van der Waals surface area contributed by atoms with Gasteiger partial charge in [0.05, 0.1) is 0 Å². The van der Waals surface area contributed by atoms with E-state index >= 15 is 0 Å². The van der Waals surface area contributed by atoms with Crippen LogP contribution < -0.4 is 11.1 Å². The lowest BCUT2D eigenvalue weighted by Gasteiger charge is -2.29. The molecule has 1 rings (SSSR count). The summed E-state index contributed by atoms with van der Waals surface area (Å²) in [5.74, 6) is 0.191. The van der Waals surface area contributed by atoms with Crippen LogP contribution >= 0.6 is 0 Å². The largest absolute Gasteiger partial charge is 0.352 e. The highest BCUT2D eigenvalue weighted by molar-refractivity contribution is 5.78. The lowest BCUT2D eigenvalue weighted by molar-refractivity contribution is -0.125. The van der Waals surface area contributed by atoms with E-state index in [1.807, 2.05) is 13.8 Å². The molecule has 0 aromatic heterocycles. The average Bonchev–Trinajstić information content (AvgIpc) is 2.08. The molecule has 3 N–H and O–H groups in total. The summed E-state index contributed by atoms with van der Waals surface area (Å²) < 4.78 is 0. The molecule has 3 heteroatoms. The van der Waals surface area contributed by atoms with Crippen molar-refractivity contribution in [2.75, 3.05) is 0 Å². The summed E-state index contributed by atoms with van der Waals surface area (Å²) in [5.41, 5.74) is 5.91. The van der Waals surface area contributed by atoms with E-state index in [9.17, 15) is 4.79 Å². The number of hydrogen-bond acceptors (Lipinski definition) is 2. The molecule has 0 radical (unpaired) electrons.